The Bertz CT molecular complexity index is 494. The molecule has 2 atom stereocenters. The number of aromatic nitrogens is 2. The Balaban J connectivity index is 2.59. The highest BCUT2D eigenvalue weighted by Gasteiger charge is 2.23. The lowest BCUT2D eigenvalue weighted by molar-refractivity contribution is -0.139. The Morgan fingerprint density at radius 1 is 1.65 bits per heavy atom. The number of hydrogen-bond donors (Lipinski definition) is 3. The van der Waals surface area contributed by atoms with Gasteiger partial charge in [-0.05, 0) is 6.92 Å². The van der Waals surface area contributed by atoms with Crippen molar-refractivity contribution in [3.05, 3.63) is 18.2 Å². The van der Waals surface area contributed by atoms with Crippen molar-refractivity contribution >= 4 is 12.0 Å². The van der Waals surface area contributed by atoms with Crippen molar-refractivity contribution in [2.75, 3.05) is 13.6 Å². The third-order valence-corrected chi connectivity index (χ3v) is 2.69. The van der Waals surface area contributed by atoms with Crippen molar-refractivity contribution < 1.29 is 14.7 Å². The fraction of sp³-hybridized carbons (Fsp3) is 0.500. The maximum Gasteiger partial charge on any atom is 0.326 e. The van der Waals surface area contributed by atoms with Crippen LogP contribution < -0.4 is 5.32 Å². The Morgan fingerprint density at radius 3 is 2.85 bits per heavy atom. The molecule has 1 aromatic heterocycles. The summed E-state index contributed by atoms with van der Waals surface area (Å²) in [5.41, 5.74) is 0.616. The average Bonchev–Trinajstić information content (AvgIpc) is 2.90. The van der Waals surface area contributed by atoms with Gasteiger partial charge in [-0.25, -0.2) is 14.6 Å². The third kappa shape index (κ3) is 4.61. The molecule has 0 aliphatic heterocycles. The molecule has 8 nitrogen and oxygen atoms in total. The third-order valence-electron chi connectivity index (χ3n) is 2.69. The molecule has 0 spiro atoms. The first-order valence-electron chi connectivity index (χ1n) is 6.05. The van der Waals surface area contributed by atoms with Crippen LogP contribution in [0.1, 0.15) is 12.6 Å². The molecule has 1 unspecified atom stereocenters. The summed E-state index contributed by atoms with van der Waals surface area (Å²) in [6.07, 6.45) is 3.06. The number of carboxylic acids is 1. The van der Waals surface area contributed by atoms with Gasteiger partial charge in [0.2, 0.25) is 0 Å². The number of carboxylic acid groups (broad SMARTS) is 1. The van der Waals surface area contributed by atoms with E-state index in [1.165, 1.54) is 24.5 Å². The molecule has 0 saturated heterocycles. The lowest BCUT2D eigenvalue weighted by Gasteiger charge is -2.21. The topological polar surface area (TPSA) is 122 Å². The van der Waals surface area contributed by atoms with Gasteiger partial charge in [0, 0.05) is 31.9 Å². The van der Waals surface area contributed by atoms with Gasteiger partial charge in [0.1, 0.15) is 6.04 Å². The van der Waals surface area contributed by atoms with Gasteiger partial charge in [-0.3, -0.25) is 0 Å². The molecule has 0 aromatic carbocycles. The number of nitrogens with zero attached hydrogens (tertiary/aromatic N) is 3. The van der Waals surface area contributed by atoms with Crippen LogP contribution in [0.2, 0.25) is 0 Å². The predicted molar refractivity (Wildman–Crippen MR) is 69.7 cm³/mol. The number of rotatable bonds is 6. The lowest BCUT2D eigenvalue weighted by atomic mass is 10.1. The van der Waals surface area contributed by atoms with Crippen LogP contribution in [0.15, 0.2) is 12.5 Å². The average molecular weight is 279 g/mol. The monoisotopic (exact) mass is 279 g/mol. The second-order valence-corrected chi connectivity index (χ2v) is 4.53. The summed E-state index contributed by atoms with van der Waals surface area (Å²) < 4.78 is 0. The van der Waals surface area contributed by atoms with Gasteiger partial charge < -0.3 is 20.3 Å². The molecule has 0 aliphatic rings. The molecule has 8 heteroatoms. The van der Waals surface area contributed by atoms with E-state index in [0.717, 1.165) is 0 Å². The first kappa shape index (κ1) is 15.5. The molecule has 3 N–H and O–H groups in total. The summed E-state index contributed by atoms with van der Waals surface area (Å²) >= 11 is 0. The predicted octanol–water partition coefficient (Wildman–Crippen LogP) is 0.206. The van der Waals surface area contributed by atoms with E-state index < -0.39 is 18.0 Å². The van der Waals surface area contributed by atoms with Gasteiger partial charge in [-0.2, -0.15) is 5.26 Å². The second-order valence-electron chi connectivity index (χ2n) is 4.53. The summed E-state index contributed by atoms with van der Waals surface area (Å²) in [5.74, 6) is -1.45. The molecule has 0 fully saturated rings. The fourth-order valence-corrected chi connectivity index (χ4v) is 1.61. The molecule has 1 rings (SSSR count). The van der Waals surface area contributed by atoms with Crippen molar-refractivity contribution in [2.45, 2.75) is 19.4 Å². The highest BCUT2D eigenvalue weighted by molar-refractivity contribution is 5.82. The van der Waals surface area contributed by atoms with Crippen molar-refractivity contribution in [2.24, 2.45) is 5.92 Å². The molecule has 1 aromatic rings. The Hall–Kier alpha value is -2.56. The summed E-state index contributed by atoms with van der Waals surface area (Å²) in [6, 6.07) is 0.430. The highest BCUT2D eigenvalue weighted by atomic mass is 16.4. The van der Waals surface area contributed by atoms with E-state index in [9.17, 15) is 9.59 Å². The van der Waals surface area contributed by atoms with E-state index in [0.29, 0.717) is 5.69 Å². The van der Waals surface area contributed by atoms with Gasteiger partial charge in [-0.1, -0.05) is 0 Å². The van der Waals surface area contributed by atoms with Crippen LogP contribution in [0.4, 0.5) is 4.79 Å². The highest BCUT2D eigenvalue weighted by Crippen LogP contribution is 2.01. The smallest absolute Gasteiger partial charge is 0.326 e. The number of H-pyrrole nitrogens is 1. The number of carbonyl (C=O) groups excluding carboxylic acids is 1. The number of urea groups is 1. The lowest BCUT2D eigenvalue weighted by Crippen LogP contribution is -2.48. The maximum absolute atomic E-state index is 11.9. The van der Waals surface area contributed by atoms with Crippen molar-refractivity contribution in [1.29, 1.82) is 5.26 Å². The first-order valence-corrected chi connectivity index (χ1v) is 6.05. The van der Waals surface area contributed by atoms with Gasteiger partial charge >= 0.3 is 12.0 Å². The number of carbonyl (C=O) groups is 2. The molecule has 20 heavy (non-hydrogen) atoms. The van der Waals surface area contributed by atoms with Crippen LogP contribution >= 0.6 is 0 Å². The number of imidazole rings is 1. The molecule has 0 aliphatic carbocycles. The van der Waals surface area contributed by atoms with E-state index in [2.05, 4.69) is 15.3 Å². The van der Waals surface area contributed by atoms with Crippen molar-refractivity contribution in [3.63, 3.8) is 0 Å². The standard InChI is InChI=1S/C12H17N5O3/c1-8(4-13)6-17(2)12(20)16-10(11(18)19)3-9-5-14-7-15-9/h5,7-8,10H,3,6H2,1-2H3,(H,14,15)(H,16,20)(H,18,19)/t8?,10-/m0/s1. The largest absolute Gasteiger partial charge is 0.480 e. The molecular formula is C12H17N5O3. The summed E-state index contributed by atoms with van der Waals surface area (Å²) in [7, 11) is 1.51. The van der Waals surface area contributed by atoms with E-state index in [4.69, 9.17) is 10.4 Å². The quantitative estimate of drug-likeness (QED) is 0.687. The molecule has 2 amide bonds. The van der Waals surface area contributed by atoms with Crippen LogP contribution in [0.25, 0.3) is 0 Å². The number of nitriles is 1. The zero-order valence-corrected chi connectivity index (χ0v) is 11.3. The van der Waals surface area contributed by atoms with E-state index in [-0.39, 0.29) is 18.9 Å². The van der Waals surface area contributed by atoms with Gasteiger partial charge in [0.25, 0.3) is 0 Å². The van der Waals surface area contributed by atoms with Gasteiger partial charge in [0.05, 0.1) is 18.3 Å². The molecule has 108 valence electrons. The molecular weight excluding hydrogens is 262 g/mol. The van der Waals surface area contributed by atoms with Crippen LogP contribution in [-0.2, 0) is 11.2 Å². The first-order chi connectivity index (χ1) is 9.43. The normalized spacial score (nSPS) is 13.1. The summed E-state index contributed by atoms with van der Waals surface area (Å²) in [4.78, 5) is 30.9. The van der Waals surface area contributed by atoms with E-state index >= 15 is 0 Å². The maximum atomic E-state index is 11.9. The molecule has 0 radical (unpaired) electrons. The van der Waals surface area contributed by atoms with Crippen molar-refractivity contribution in [3.8, 4) is 6.07 Å². The zero-order chi connectivity index (χ0) is 15.1. The van der Waals surface area contributed by atoms with Crippen LogP contribution in [0, 0.1) is 17.2 Å². The minimum absolute atomic E-state index is 0.114. The van der Waals surface area contributed by atoms with E-state index in [1.54, 1.807) is 6.92 Å². The van der Waals surface area contributed by atoms with Crippen molar-refractivity contribution in [1.82, 2.24) is 20.2 Å². The molecule has 1 heterocycles. The van der Waals surface area contributed by atoms with Gasteiger partial charge in [0.15, 0.2) is 0 Å². The summed E-state index contributed by atoms with van der Waals surface area (Å²) in [5, 5.41) is 20.2. The van der Waals surface area contributed by atoms with E-state index in [1.807, 2.05) is 6.07 Å². The minimum atomic E-state index is -1.13. The summed E-state index contributed by atoms with van der Waals surface area (Å²) in [6.45, 7) is 1.92. The number of nitrogens with one attached hydrogen (secondary N) is 2. The molecule has 0 bridgehead atoms. The van der Waals surface area contributed by atoms with Crippen LogP contribution in [-0.4, -0.2) is 51.6 Å². The second kappa shape index (κ2) is 7.13. The zero-order valence-electron chi connectivity index (χ0n) is 11.3. The minimum Gasteiger partial charge on any atom is -0.480 e. The number of aromatic amines is 1. The fourth-order valence-electron chi connectivity index (χ4n) is 1.61. The number of aliphatic carboxylic acids is 1. The Morgan fingerprint density at radius 2 is 2.35 bits per heavy atom. The SMILES string of the molecule is CC(C#N)CN(C)C(=O)N[C@@H](Cc1cnc[nH]1)C(=O)O. The van der Waals surface area contributed by atoms with Crippen LogP contribution in [0.5, 0.6) is 0 Å². The van der Waals surface area contributed by atoms with Crippen LogP contribution in [0.3, 0.4) is 0 Å². The van der Waals surface area contributed by atoms with Gasteiger partial charge in [-0.15, -0.1) is 0 Å². The Kier molecular flexibility index (Phi) is 5.53. The Labute approximate surface area is 116 Å². The number of amides is 2. The number of hydrogen-bond acceptors (Lipinski definition) is 4. The molecule has 0 saturated carbocycles.